The average molecular weight is 367 g/mol. The molecule has 4 heteroatoms. The predicted octanol–water partition coefficient (Wildman–Crippen LogP) is 4.00. The van der Waals surface area contributed by atoms with Crippen LogP contribution in [0.5, 0.6) is 0 Å². The Morgan fingerprint density at radius 3 is 1.67 bits per heavy atom. The fraction of sp³-hybridized carbons (Fsp3) is 0.391. The van der Waals surface area contributed by atoms with Gasteiger partial charge in [0.15, 0.2) is 0 Å². The molecule has 0 aliphatic carbocycles. The zero-order valence-electron chi connectivity index (χ0n) is 16.1. The van der Waals surface area contributed by atoms with Crippen molar-refractivity contribution in [3.8, 4) is 0 Å². The Labute approximate surface area is 162 Å². The van der Waals surface area contributed by atoms with E-state index in [1.54, 1.807) is 0 Å². The molecule has 0 aliphatic rings. The molecule has 27 heavy (non-hydrogen) atoms. The van der Waals surface area contributed by atoms with Crippen LogP contribution in [-0.4, -0.2) is 18.0 Å². The first kappa shape index (κ1) is 20.7. The molecule has 2 N–H and O–H groups in total. The Morgan fingerprint density at radius 2 is 1.22 bits per heavy atom. The summed E-state index contributed by atoms with van der Waals surface area (Å²) in [5.74, 6) is -0.136. The first-order valence-electron chi connectivity index (χ1n) is 9.84. The van der Waals surface area contributed by atoms with Gasteiger partial charge in [0.25, 0.3) is 0 Å². The summed E-state index contributed by atoms with van der Waals surface area (Å²) in [6.45, 7) is 2.17. The Morgan fingerprint density at radius 1 is 0.741 bits per heavy atom. The lowest BCUT2D eigenvalue weighted by molar-refractivity contribution is -0.123. The van der Waals surface area contributed by atoms with Gasteiger partial charge in [0.1, 0.15) is 6.17 Å². The second kappa shape index (κ2) is 11.9. The zero-order valence-corrected chi connectivity index (χ0v) is 16.1. The van der Waals surface area contributed by atoms with Crippen molar-refractivity contribution in [2.75, 3.05) is 0 Å². The fourth-order valence-electron chi connectivity index (χ4n) is 3.01. The molecule has 0 bridgehead atoms. The SMILES string of the molecule is CCCCCCC(NC(=O)Cc1ccccc1)NC(=O)Cc1ccccc1. The van der Waals surface area contributed by atoms with Gasteiger partial charge in [0.05, 0.1) is 12.8 Å². The van der Waals surface area contributed by atoms with Crippen molar-refractivity contribution in [1.82, 2.24) is 10.6 Å². The summed E-state index contributed by atoms with van der Waals surface area (Å²) in [4.78, 5) is 24.8. The number of rotatable bonds is 11. The van der Waals surface area contributed by atoms with Gasteiger partial charge in [-0.15, -0.1) is 0 Å². The fourth-order valence-corrected chi connectivity index (χ4v) is 3.01. The molecule has 0 aliphatic heterocycles. The van der Waals surface area contributed by atoms with Crippen LogP contribution in [0.25, 0.3) is 0 Å². The van der Waals surface area contributed by atoms with Gasteiger partial charge in [-0.1, -0.05) is 86.8 Å². The molecule has 2 amide bonds. The summed E-state index contributed by atoms with van der Waals surface area (Å²) in [6.07, 6.45) is 5.48. The molecule has 4 nitrogen and oxygen atoms in total. The lowest BCUT2D eigenvalue weighted by Gasteiger charge is -2.20. The molecule has 0 radical (unpaired) electrons. The van der Waals surface area contributed by atoms with Gasteiger partial charge < -0.3 is 10.6 Å². The first-order valence-corrected chi connectivity index (χ1v) is 9.84. The van der Waals surface area contributed by atoms with E-state index in [2.05, 4.69) is 17.6 Å². The Bertz CT molecular complexity index is 631. The van der Waals surface area contributed by atoms with E-state index in [0.717, 1.165) is 36.8 Å². The van der Waals surface area contributed by atoms with Crippen molar-refractivity contribution in [3.05, 3.63) is 71.8 Å². The first-order chi connectivity index (χ1) is 13.2. The maximum absolute atomic E-state index is 12.4. The van der Waals surface area contributed by atoms with Crippen molar-refractivity contribution < 1.29 is 9.59 Å². The molecule has 0 saturated carbocycles. The van der Waals surface area contributed by atoms with Crippen LogP contribution >= 0.6 is 0 Å². The van der Waals surface area contributed by atoms with Crippen LogP contribution in [0.15, 0.2) is 60.7 Å². The van der Waals surface area contributed by atoms with E-state index in [4.69, 9.17) is 0 Å². The van der Waals surface area contributed by atoms with Crippen molar-refractivity contribution in [1.29, 1.82) is 0 Å². The molecule has 0 spiro atoms. The molecule has 2 aromatic rings. The van der Waals surface area contributed by atoms with Gasteiger partial charge in [-0.2, -0.15) is 0 Å². The van der Waals surface area contributed by atoms with Crippen LogP contribution in [0.2, 0.25) is 0 Å². The minimum absolute atomic E-state index is 0.0679. The summed E-state index contributed by atoms with van der Waals surface area (Å²) in [6, 6.07) is 19.3. The van der Waals surface area contributed by atoms with E-state index in [-0.39, 0.29) is 18.0 Å². The molecule has 2 rings (SSSR count). The van der Waals surface area contributed by atoms with Gasteiger partial charge in [-0.3, -0.25) is 9.59 Å². The molecular formula is C23H30N2O2. The second-order valence-electron chi connectivity index (χ2n) is 6.86. The van der Waals surface area contributed by atoms with Crippen molar-refractivity contribution in [2.24, 2.45) is 0 Å². The summed E-state index contributed by atoms with van der Waals surface area (Å²) in [5, 5.41) is 5.98. The Kier molecular flexibility index (Phi) is 9.11. The Hall–Kier alpha value is -2.62. The van der Waals surface area contributed by atoms with Crippen LogP contribution in [-0.2, 0) is 22.4 Å². The predicted molar refractivity (Wildman–Crippen MR) is 109 cm³/mol. The van der Waals surface area contributed by atoms with Crippen LogP contribution < -0.4 is 10.6 Å². The van der Waals surface area contributed by atoms with Crippen LogP contribution in [0, 0.1) is 0 Å². The maximum atomic E-state index is 12.4. The minimum atomic E-state index is -0.325. The van der Waals surface area contributed by atoms with E-state index >= 15 is 0 Å². The number of hydrogen-bond acceptors (Lipinski definition) is 2. The molecule has 0 aromatic heterocycles. The minimum Gasteiger partial charge on any atom is -0.336 e. The number of carbonyl (C=O) groups is 2. The molecule has 0 heterocycles. The molecule has 144 valence electrons. The number of benzene rings is 2. The lowest BCUT2D eigenvalue weighted by Crippen LogP contribution is -2.48. The van der Waals surface area contributed by atoms with Crippen LogP contribution in [0.3, 0.4) is 0 Å². The monoisotopic (exact) mass is 366 g/mol. The summed E-state index contributed by atoms with van der Waals surface area (Å²) in [5.41, 5.74) is 1.94. The normalized spacial score (nSPS) is 10.6. The van der Waals surface area contributed by atoms with E-state index in [1.807, 2.05) is 60.7 Å². The van der Waals surface area contributed by atoms with E-state index < -0.39 is 0 Å². The molecule has 0 saturated heterocycles. The lowest BCUT2D eigenvalue weighted by atomic mass is 10.1. The number of hydrogen-bond donors (Lipinski definition) is 2. The van der Waals surface area contributed by atoms with Crippen molar-refractivity contribution in [2.45, 2.75) is 58.0 Å². The molecule has 0 fully saturated rings. The Balaban J connectivity index is 1.88. The second-order valence-corrected chi connectivity index (χ2v) is 6.86. The highest BCUT2D eigenvalue weighted by Crippen LogP contribution is 2.06. The van der Waals surface area contributed by atoms with Gasteiger partial charge in [-0.25, -0.2) is 0 Å². The maximum Gasteiger partial charge on any atom is 0.226 e. The molecule has 2 aromatic carbocycles. The van der Waals surface area contributed by atoms with Crippen molar-refractivity contribution >= 4 is 11.8 Å². The van der Waals surface area contributed by atoms with Gasteiger partial charge in [0, 0.05) is 0 Å². The topological polar surface area (TPSA) is 58.2 Å². The highest BCUT2D eigenvalue weighted by molar-refractivity contribution is 5.81. The molecule has 0 unspecified atom stereocenters. The van der Waals surface area contributed by atoms with E-state index in [9.17, 15) is 9.59 Å². The average Bonchev–Trinajstić information content (AvgIpc) is 2.66. The van der Waals surface area contributed by atoms with Gasteiger partial charge in [-0.05, 0) is 24.0 Å². The molecular weight excluding hydrogens is 336 g/mol. The third-order valence-corrected chi connectivity index (χ3v) is 4.43. The van der Waals surface area contributed by atoms with Gasteiger partial charge >= 0.3 is 0 Å². The van der Waals surface area contributed by atoms with E-state index in [1.165, 1.54) is 6.42 Å². The largest absolute Gasteiger partial charge is 0.336 e. The third-order valence-electron chi connectivity index (χ3n) is 4.43. The smallest absolute Gasteiger partial charge is 0.226 e. The summed E-state index contributed by atoms with van der Waals surface area (Å²) in [7, 11) is 0. The summed E-state index contributed by atoms with van der Waals surface area (Å²) < 4.78 is 0. The number of carbonyl (C=O) groups excluding carboxylic acids is 2. The van der Waals surface area contributed by atoms with Crippen LogP contribution in [0.1, 0.15) is 50.2 Å². The molecule has 0 atom stereocenters. The van der Waals surface area contributed by atoms with Gasteiger partial charge in [0.2, 0.25) is 11.8 Å². The highest BCUT2D eigenvalue weighted by atomic mass is 16.2. The zero-order chi connectivity index (χ0) is 19.3. The number of unbranched alkanes of at least 4 members (excludes halogenated alkanes) is 3. The highest BCUT2D eigenvalue weighted by Gasteiger charge is 2.15. The third kappa shape index (κ3) is 8.54. The van der Waals surface area contributed by atoms with Crippen LogP contribution in [0.4, 0.5) is 0 Å². The number of nitrogens with one attached hydrogen (secondary N) is 2. The number of amides is 2. The standard InChI is InChI=1S/C23H30N2O2/c1-2-3-4-11-16-21(24-22(26)17-19-12-7-5-8-13-19)25-23(27)18-20-14-9-6-10-15-20/h5-10,12-15,21H,2-4,11,16-18H2,1H3,(H,24,26)(H,25,27). The summed E-state index contributed by atoms with van der Waals surface area (Å²) >= 11 is 0. The van der Waals surface area contributed by atoms with Crippen molar-refractivity contribution in [3.63, 3.8) is 0 Å². The quantitative estimate of drug-likeness (QED) is 0.466. The van der Waals surface area contributed by atoms with E-state index in [0.29, 0.717) is 12.8 Å².